The zero-order valence-corrected chi connectivity index (χ0v) is 17.0. The Morgan fingerprint density at radius 3 is 2.34 bits per heavy atom. The second kappa shape index (κ2) is 7.22. The number of hydrogen-bond donors (Lipinski definition) is 4. The largest absolute Gasteiger partial charge is 0.396 e. The van der Waals surface area contributed by atoms with Crippen LogP contribution in [0.15, 0.2) is 60.7 Å². The SMILES string of the molecule is CC1(O)CC(N)(c2ccc(-c3nc(C(N)=CC=N)sc3-c3ccccc3)cc2)C1. The van der Waals surface area contributed by atoms with Crippen LogP contribution in [0, 0.1) is 5.41 Å². The molecule has 5 nitrogen and oxygen atoms in total. The first kappa shape index (κ1) is 19.5. The molecule has 1 fully saturated rings. The smallest absolute Gasteiger partial charge is 0.140 e. The molecule has 1 heterocycles. The molecule has 0 radical (unpaired) electrons. The summed E-state index contributed by atoms with van der Waals surface area (Å²) in [5.41, 5.74) is 15.8. The Hall–Kier alpha value is -2.80. The molecule has 4 rings (SSSR count). The van der Waals surface area contributed by atoms with Crippen LogP contribution in [0.5, 0.6) is 0 Å². The van der Waals surface area contributed by atoms with E-state index in [1.807, 2.05) is 49.4 Å². The summed E-state index contributed by atoms with van der Waals surface area (Å²) >= 11 is 1.52. The minimum Gasteiger partial charge on any atom is -0.396 e. The number of nitrogens with one attached hydrogen (secondary N) is 1. The summed E-state index contributed by atoms with van der Waals surface area (Å²) in [4.78, 5) is 5.81. The summed E-state index contributed by atoms with van der Waals surface area (Å²) in [6, 6.07) is 18.2. The van der Waals surface area contributed by atoms with Crippen molar-refractivity contribution in [3.63, 3.8) is 0 Å². The highest BCUT2D eigenvalue weighted by atomic mass is 32.1. The number of nitrogens with zero attached hydrogens (tertiary/aromatic N) is 1. The van der Waals surface area contributed by atoms with Gasteiger partial charge in [-0.25, -0.2) is 4.98 Å². The average molecular weight is 405 g/mol. The first-order valence-electron chi connectivity index (χ1n) is 9.46. The number of aromatic nitrogens is 1. The van der Waals surface area contributed by atoms with Crippen molar-refractivity contribution in [2.45, 2.75) is 30.9 Å². The van der Waals surface area contributed by atoms with Gasteiger partial charge in [0.15, 0.2) is 0 Å². The molecule has 1 aliphatic carbocycles. The molecule has 1 aromatic heterocycles. The van der Waals surface area contributed by atoms with E-state index in [4.69, 9.17) is 21.9 Å². The summed E-state index contributed by atoms with van der Waals surface area (Å²) < 4.78 is 0. The monoisotopic (exact) mass is 404 g/mol. The third-order valence-corrected chi connectivity index (χ3v) is 6.45. The lowest BCUT2D eigenvalue weighted by Gasteiger charge is -2.49. The fourth-order valence-corrected chi connectivity index (χ4v) is 5.09. The van der Waals surface area contributed by atoms with E-state index in [1.54, 1.807) is 6.08 Å². The summed E-state index contributed by atoms with van der Waals surface area (Å²) in [6.07, 6.45) is 3.82. The van der Waals surface area contributed by atoms with Gasteiger partial charge in [-0.1, -0.05) is 54.6 Å². The predicted octanol–water partition coefficient (Wildman–Crippen LogP) is 4.13. The number of aliphatic hydroxyl groups is 1. The van der Waals surface area contributed by atoms with Gasteiger partial charge in [-0.2, -0.15) is 0 Å². The number of thiazole rings is 1. The molecule has 0 unspecified atom stereocenters. The third kappa shape index (κ3) is 3.74. The standard InChI is InChI=1S/C23H24N4OS/c1-22(28)13-23(26,14-22)17-9-7-15(8-10-17)19-20(16-5-3-2-4-6-16)29-21(27-19)18(25)11-12-24/h2-12,24,28H,13-14,25-26H2,1H3. The van der Waals surface area contributed by atoms with E-state index < -0.39 is 11.1 Å². The van der Waals surface area contributed by atoms with Gasteiger partial charge in [-0.3, -0.25) is 0 Å². The van der Waals surface area contributed by atoms with Crippen LogP contribution in [-0.2, 0) is 5.54 Å². The Bertz CT molecular complexity index is 1060. The quantitative estimate of drug-likeness (QED) is 0.479. The number of nitrogens with two attached hydrogens (primary N) is 2. The maximum atomic E-state index is 10.1. The van der Waals surface area contributed by atoms with E-state index in [2.05, 4.69) is 12.1 Å². The number of allylic oxidation sites excluding steroid dienone is 1. The first-order chi connectivity index (χ1) is 13.8. The Morgan fingerprint density at radius 1 is 1.10 bits per heavy atom. The van der Waals surface area contributed by atoms with Gasteiger partial charge in [-0.05, 0) is 37.0 Å². The molecule has 6 N–H and O–H groups in total. The predicted molar refractivity (Wildman–Crippen MR) is 120 cm³/mol. The Labute approximate surface area is 174 Å². The van der Waals surface area contributed by atoms with Crippen LogP contribution in [0.1, 0.15) is 30.3 Å². The molecule has 0 amide bonds. The molecule has 3 aromatic rings. The highest BCUT2D eigenvalue weighted by Gasteiger charge is 2.49. The van der Waals surface area contributed by atoms with Crippen molar-refractivity contribution >= 4 is 23.2 Å². The van der Waals surface area contributed by atoms with Crippen LogP contribution in [0.25, 0.3) is 27.4 Å². The van der Waals surface area contributed by atoms with Crippen LogP contribution in [0.4, 0.5) is 0 Å². The van der Waals surface area contributed by atoms with Crippen LogP contribution in [-0.4, -0.2) is 21.9 Å². The molecule has 0 aliphatic heterocycles. The van der Waals surface area contributed by atoms with Crippen molar-refractivity contribution in [1.29, 1.82) is 5.41 Å². The minimum atomic E-state index is -0.684. The molecule has 0 atom stereocenters. The summed E-state index contributed by atoms with van der Waals surface area (Å²) in [6.45, 7) is 1.82. The topological polar surface area (TPSA) is 109 Å². The third-order valence-electron chi connectivity index (χ3n) is 5.30. The summed E-state index contributed by atoms with van der Waals surface area (Å²) in [5, 5.41) is 18.0. The fraction of sp³-hybridized carbons (Fsp3) is 0.217. The molecular weight excluding hydrogens is 380 g/mol. The van der Waals surface area contributed by atoms with Crippen molar-refractivity contribution < 1.29 is 5.11 Å². The van der Waals surface area contributed by atoms with Crippen molar-refractivity contribution in [2.75, 3.05) is 0 Å². The van der Waals surface area contributed by atoms with E-state index in [9.17, 15) is 5.11 Å². The molecule has 2 aromatic carbocycles. The molecule has 0 saturated heterocycles. The Balaban J connectivity index is 1.74. The van der Waals surface area contributed by atoms with E-state index >= 15 is 0 Å². The van der Waals surface area contributed by atoms with E-state index in [1.165, 1.54) is 17.6 Å². The maximum Gasteiger partial charge on any atom is 0.140 e. The highest BCUT2D eigenvalue weighted by Crippen LogP contribution is 2.46. The van der Waals surface area contributed by atoms with Crippen LogP contribution in [0.3, 0.4) is 0 Å². The van der Waals surface area contributed by atoms with E-state index in [0.717, 1.165) is 27.3 Å². The van der Waals surface area contributed by atoms with Gasteiger partial charge in [0, 0.05) is 17.3 Å². The molecule has 148 valence electrons. The number of hydrogen-bond acceptors (Lipinski definition) is 6. The molecule has 1 aliphatic rings. The van der Waals surface area contributed by atoms with Crippen molar-refractivity contribution in [3.8, 4) is 21.7 Å². The van der Waals surface area contributed by atoms with Gasteiger partial charge in [0.05, 0.1) is 21.9 Å². The summed E-state index contributed by atoms with van der Waals surface area (Å²) in [7, 11) is 0. The van der Waals surface area contributed by atoms with Gasteiger partial charge >= 0.3 is 0 Å². The fourth-order valence-electron chi connectivity index (χ4n) is 4.06. The van der Waals surface area contributed by atoms with Gasteiger partial charge in [0.25, 0.3) is 0 Å². The zero-order valence-electron chi connectivity index (χ0n) is 16.2. The summed E-state index contributed by atoms with van der Waals surface area (Å²) in [5.74, 6) is 0. The van der Waals surface area contributed by atoms with E-state index in [-0.39, 0.29) is 0 Å². The van der Waals surface area contributed by atoms with Crippen LogP contribution >= 0.6 is 11.3 Å². The first-order valence-corrected chi connectivity index (χ1v) is 10.3. The molecule has 0 spiro atoms. The Kier molecular flexibility index (Phi) is 4.86. The van der Waals surface area contributed by atoms with Crippen molar-refractivity contribution in [3.05, 3.63) is 71.2 Å². The number of benzene rings is 2. The van der Waals surface area contributed by atoms with Gasteiger partial charge < -0.3 is 22.0 Å². The molecule has 0 bridgehead atoms. The van der Waals surface area contributed by atoms with Gasteiger partial charge in [0.2, 0.25) is 0 Å². The molecular formula is C23H24N4OS. The zero-order chi connectivity index (χ0) is 20.6. The molecule has 29 heavy (non-hydrogen) atoms. The lowest BCUT2D eigenvalue weighted by Crippen LogP contribution is -2.58. The second-order valence-electron chi connectivity index (χ2n) is 7.94. The van der Waals surface area contributed by atoms with Crippen LogP contribution in [0.2, 0.25) is 0 Å². The molecule has 6 heteroatoms. The lowest BCUT2D eigenvalue weighted by atomic mass is 9.63. The lowest BCUT2D eigenvalue weighted by molar-refractivity contribution is -0.0738. The van der Waals surface area contributed by atoms with Crippen molar-refractivity contribution in [1.82, 2.24) is 4.98 Å². The molecule has 1 saturated carbocycles. The van der Waals surface area contributed by atoms with Gasteiger partial charge in [-0.15, -0.1) is 11.3 Å². The highest BCUT2D eigenvalue weighted by molar-refractivity contribution is 7.16. The van der Waals surface area contributed by atoms with E-state index in [0.29, 0.717) is 23.5 Å². The van der Waals surface area contributed by atoms with Crippen LogP contribution < -0.4 is 11.5 Å². The average Bonchev–Trinajstić information content (AvgIpc) is 3.13. The second-order valence-corrected chi connectivity index (χ2v) is 8.93. The number of rotatable bonds is 5. The van der Waals surface area contributed by atoms with Gasteiger partial charge in [0.1, 0.15) is 5.01 Å². The minimum absolute atomic E-state index is 0.475. The maximum absolute atomic E-state index is 10.1. The van der Waals surface area contributed by atoms with Crippen molar-refractivity contribution in [2.24, 2.45) is 11.5 Å². The normalized spacial score (nSPS) is 24.2. The Morgan fingerprint density at radius 2 is 1.76 bits per heavy atom.